The van der Waals surface area contributed by atoms with E-state index in [1.807, 2.05) is 0 Å². The molecular weight excluding hydrogens is 174 g/mol. The van der Waals surface area contributed by atoms with Crippen molar-refractivity contribution in [2.75, 3.05) is 0 Å². The molecule has 0 spiro atoms. The van der Waals surface area contributed by atoms with E-state index in [4.69, 9.17) is 11.1 Å². The molecule has 1 amide bonds. The van der Waals surface area contributed by atoms with Gasteiger partial charge in [-0.25, -0.2) is 0 Å². The number of carbonyl (C=O) groups excluding carboxylic acids is 1. The summed E-state index contributed by atoms with van der Waals surface area (Å²) < 4.78 is 0. The van der Waals surface area contributed by atoms with E-state index in [1.165, 1.54) is 0 Å². The van der Waals surface area contributed by atoms with Gasteiger partial charge in [-0.05, 0) is 19.8 Å². The topological polar surface area (TPSA) is 79.0 Å². The number of hydrogen-bond donors (Lipinski definition) is 3. The predicted octanol–water partition coefficient (Wildman–Crippen LogP) is 0.280. The molecule has 68 valence electrons. The molecule has 0 aliphatic heterocycles. The van der Waals surface area contributed by atoms with Crippen LogP contribution in [-0.2, 0) is 4.79 Å². The van der Waals surface area contributed by atoms with Crippen molar-refractivity contribution in [2.24, 2.45) is 5.73 Å². The molecule has 0 aromatic rings. The smallest absolute Gasteiger partial charge is 0.233 e. The molecule has 1 aliphatic carbocycles. The van der Waals surface area contributed by atoms with Gasteiger partial charge in [-0.3, -0.25) is 10.2 Å². The number of amidine groups is 1. The molecule has 1 fully saturated rings. The molecule has 1 saturated carbocycles. The molecule has 0 saturated heterocycles. The quantitative estimate of drug-likeness (QED) is 0.438. The van der Waals surface area contributed by atoms with Crippen LogP contribution in [0.3, 0.4) is 0 Å². The van der Waals surface area contributed by atoms with E-state index in [0.717, 1.165) is 24.6 Å². The lowest BCUT2D eigenvalue weighted by Gasteiger charge is -2.09. The average molecular weight is 187 g/mol. The van der Waals surface area contributed by atoms with E-state index in [9.17, 15) is 4.79 Å². The molecule has 12 heavy (non-hydrogen) atoms. The second-order valence-electron chi connectivity index (χ2n) is 2.91. The van der Waals surface area contributed by atoms with E-state index in [2.05, 4.69) is 5.32 Å². The van der Waals surface area contributed by atoms with Crippen molar-refractivity contribution in [1.29, 1.82) is 5.41 Å². The summed E-state index contributed by atoms with van der Waals surface area (Å²) in [4.78, 5) is 11.2. The number of carbonyl (C=O) groups is 1. The Bertz CT molecular complexity index is 203. The van der Waals surface area contributed by atoms with Crippen molar-refractivity contribution in [1.82, 2.24) is 5.32 Å². The number of nitrogens with one attached hydrogen (secondary N) is 2. The summed E-state index contributed by atoms with van der Waals surface area (Å²) in [6, 6.07) is 0.382. The number of rotatable bonds is 3. The summed E-state index contributed by atoms with van der Waals surface area (Å²) >= 11 is 1.08. The zero-order valence-electron chi connectivity index (χ0n) is 6.96. The molecule has 1 rings (SSSR count). The first-order valence-corrected chi connectivity index (χ1v) is 4.78. The maximum absolute atomic E-state index is 11.2. The number of thioether (sulfide) groups is 1. The summed E-state index contributed by atoms with van der Waals surface area (Å²) in [5.41, 5.74) is 5.14. The first kappa shape index (κ1) is 9.38. The normalized spacial score (nSPS) is 18.4. The van der Waals surface area contributed by atoms with Gasteiger partial charge >= 0.3 is 0 Å². The Kier molecular flexibility index (Phi) is 2.97. The lowest BCUT2D eigenvalue weighted by atomic mass is 10.4. The fraction of sp³-hybridized carbons (Fsp3) is 0.714. The molecule has 1 aliphatic rings. The molecule has 1 unspecified atom stereocenters. The monoisotopic (exact) mass is 187 g/mol. The van der Waals surface area contributed by atoms with Gasteiger partial charge in [-0.1, -0.05) is 11.8 Å². The Morgan fingerprint density at radius 1 is 1.75 bits per heavy atom. The van der Waals surface area contributed by atoms with Crippen LogP contribution in [0.1, 0.15) is 19.8 Å². The molecule has 0 aromatic heterocycles. The van der Waals surface area contributed by atoms with Gasteiger partial charge in [0.2, 0.25) is 5.91 Å². The number of amides is 1. The third kappa shape index (κ3) is 3.13. The van der Waals surface area contributed by atoms with Crippen LogP contribution < -0.4 is 11.1 Å². The van der Waals surface area contributed by atoms with Gasteiger partial charge in [0.05, 0.1) is 5.25 Å². The van der Waals surface area contributed by atoms with E-state index in [1.54, 1.807) is 6.92 Å². The highest BCUT2D eigenvalue weighted by Gasteiger charge is 2.25. The molecule has 0 aromatic carbocycles. The zero-order chi connectivity index (χ0) is 9.14. The van der Waals surface area contributed by atoms with Crippen molar-refractivity contribution in [2.45, 2.75) is 31.1 Å². The second kappa shape index (κ2) is 3.80. The Morgan fingerprint density at radius 3 is 2.75 bits per heavy atom. The Morgan fingerprint density at radius 2 is 2.33 bits per heavy atom. The lowest BCUT2D eigenvalue weighted by molar-refractivity contribution is -0.120. The van der Waals surface area contributed by atoms with Crippen LogP contribution in [0.2, 0.25) is 0 Å². The van der Waals surface area contributed by atoms with Crippen LogP contribution in [-0.4, -0.2) is 22.4 Å². The SMILES string of the molecule is CC(SC(=N)N)C(=O)NC1CC1. The van der Waals surface area contributed by atoms with Crippen molar-refractivity contribution < 1.29 is 4.79 Å². The van der Waals surface area contributed by atoms with E-state index in [0.29, 0.717) is 6.04 Å². The largest absolute Gasteiger partial charge is 0.379 e. The molecule has 4 N–H and O–H groups in total. The molecule has 4 nitrogen and oxygen atoms in total. The van der Waals surface area contributed by atoms with Crippen LogP contribution in [0.15, 0.2) is 0 Å². The average Bonchev–Trinajstić information content (AvgIpc) is 2.70. The highest BCUT2D eigenvalue weighted by Crippen LogP contribution is 2.20. The zero-order valence-corrected chi connectivity index (χ0v) is 7.78. The van der Waals surface area contributed by atoms with Crippen molar-refractivity contribution in [3.05, 3.63) is 0 Å². The number of hydrogen-bond acceptors (Lipinski definition) is 3. The molecule has 0 radical (unpaired) electrons. The third-order valence-electron chi connectivity index (χ3n) is 1.60. The molecule has 0 bridgehead atoms. The van der Waals surface area contributed by atoms with Crippen LogP contribution in [0.25, 0.3) is 0 Å². The summed E-state index contributed by atoms with van der Waals surface area (Å²) in [6.07, 6.45) is 2.17. The summed E-state index contributed by atoms with van der Waals surface area (Å²) in [5, 5.41) is 9.57. The first-order valence-electron chi connectivity index (χ1n) is 3.90. The van der Waals surface area contributed by atoms with Crippen molar-refractivity contribution in [3.8, 4) is 0 Å². The fourth-order valence-corrected chi connectivity index (χ4v) is 1.35. The fourth-order valence-electron chi connectivity index (χ4n) is 0.790. The minimum Gasteiger partial charge on any atom is -0.379 e. The van der Waals surface area contributed by atoms with Gasteiger partial charge in [0.25, 0.3) is 0 Å². The summed E-state index contributed by atoms with van der Waals surface area (Å²) in [5.74, 6) is -0.0160. The van der Waals surface area contributed by atoms with E-state index < -0.39 is 0 Å². The molecule has 0 heterocycles. The Hall–Kier alpha value is -0.710. The van der Waals surface area contributed by atoms with Crippen LogP contribution in [0, 0.1) is 5.41 Å². The minimum absolute atomic E-state index is 0.00607. The lowest BCUT2D eigenvalue weighted by Crippen LogP contribution is -2.33. The van der Waals surface area contributed by atoms with Gasteiger partial charge in [0.1, 0.15) is 0 Å². The molecule has 5 heteroatoms. The van der Waals surface area contributed by atoms with Crippen molar-refractivity contribution >= 4 is 22.8 Å². The first-order chi connectivity index (χ1) is 5.59. The number of nitrogens with two attached hydrogens (primary N) is 1. The second-order valence-corrected chi connectivity index (χ2v) is 4.29. The van der Waals surface area contributed by atoms with Gasteiger partial charge in [-0.2, -0.15) is 0 Å². The molecular formula is C7H13N3OS. The Labute approximate surface area is 75.8 Å². The Balaban J connectivity index is 2.24. The van der Waals surface area contributed by atoms with Crippen molar-refractivity contribution in [3.63, 3.8) is 0 Å². The standard InChI is InChI=1S/C7H13N3OS/c1-4(12-7(8)9)6(11)10-5-2-3-5/h4-5H,2-3H2,1H3,(H3,8,9)(H,10,11). The van der Waals surface area contributed by atoms with E-state index in [-0.39, 0.29) is 16.3 Å². The molecule has 1 atom stereocenters. The highest BCUT2D eigenvalue weighted by molar-refractivity contribution is 8.14. The third-order valence-corrected chi connectivity index (χ3v) is 2.42. The van der Waals surface area contributed by atoms with Crippen LogP contribution in [0.5, 0.6) is 0 Å². The minimum atomic E-state index is -0.247. The van der Waals surface area contributed by atoms with Gasteiger partial charge in [0.15, 0.2) is 5.17 Å². The van der Waals surface area contributed by atoms with Gasteiger partial charge in [-0.15, -0.1) is 0 Å². The maximum Gasteiger partial charge on any atom is 0.233 e. The van der Waals surface area contributed by atoms with Crippen LogP contribution >= 0.6 is 11.8 Å². The van der Waals surface area contributed by atoms with Crippen LogP contribution in [0.4, 0.5) is 0 Å². The highest BCUT2D eigenvalue weighted by atomic mass is 32.2. The predicted molar refractivity (Wildman–Crippen MR) is 50.1 cm³/mol. The summed E-state index contributed by atoms with van der Waals surface area (Å²) in [6.45, 7) is 1.75. The maximum atomic E-state index is 11.2. The van der Waals surface area contributed by atoms with E-state index >= 15 is 0 Å². The van der Waals surface area contributed by atoms with Gasteiger partial charge in [0, 0.05) is 6.04 Å². The van der Waals surface area contributed by atoms with Gasteiger partial charge < -0.3 is 11.1 Å². The summed E-state index contributed by atoms with van der Waals surface area (Å²) in [7, 11) is 0.